The van der Waals surface area contributed by atoms with Crippen LogP contribution >= 0.6 is 0 Å². The monoisotopic (exact) mass is 370 g/mol. The molecule has 0 aliphatic carbocycles. The van der Waals surface area contributed by atoms with Gasteiger partial charge >= 0.3 is 5.97 Å². The van der Waals surface area contributed by atoms with Crippen LogP contribution < -0.4 is 4.74 Å². The van der Waals surface area contributed by atoms with Gasteiger partial charge in [-0.3, -0.25) is 9.80 Å². The molecule has 0 amide bonds. The summed E-state index contributed by atoms with van der Waals surface area (Å²) in [5.41, 5.74) is 3.21. The molecule has 0 saturated carbocycles. The zero-order valence-corrected chi connectivity index (χ0v) is 16.0. The number of hydrogen-bond acceptors (Lipinski definition) is 6. The predicted octanol–water partition coefficient (Wildman–Crippen LogP) is 2.63. The van der Waals surface area contributed by atoms with Gasteiger partial charge < -0.3 is 13.9 Å². The van der Waals surface area contributed by atoms with E-state index in [1.165, 1.54) is 18.2 Å². The summed E-state index contributed by atoms with van der Waals surface area (Å²) < 4.78 is 16.1. The molecule has 2 aliphatic rings. The van der Waals surface area contributed by atoms with Crippen molar-refractivity contribution in [3.05, 3.63) is 52.5 Å². The van der Waals surface area contributed by atoms with Gasteiger partial charge in [-0.15, -0.1) is 0 Å². The number of carbonyl (C=O) groups is 1. The summed E-state index contributed by atoms with van der Waals surface area (Å²) in [6, 6.07) is 8.37. The van der Waals surface area contributed by atoms with E-state index in [9.17, 15) is 4.79 Å². The molecule has 0 unspecified atom stereocenters. The molecule has 27 heavy (non-hydrogen) atoms. The summed E-state index contributed by atoms with van der Waals surface area (Å²) in [5.74, 6) is 2.15. The first-order valence-corrected chi connectivity index (χ1v) is 9.49. The smallest absolute Gasteiger partial charge is 0.341 e. The molecule has 3 heterocycles. The Morgan fingerprint density at radius 3 is 2.59 bits per heavy atom. The molecular weight excluding hydrogens is 344 g/mol. The number of aryl methyl sites for hydroxylation is 1. The van der Waals surface area contributed by atoms with E-state index in [2.05, 4.69) is 28.0 Å². The fraction of sp³-hybridized carbons (Fsp3) is 0.476. The van der Waals surface area contributed by atoms with Gasteiger partial charge in [0.2, 0.25) is 0 Å². The lowest BCUT2D eigenvalue weighted by atomic mass is 10.1. The lowest BCUT2D eigenvalue weighted by molar-refractivity contribution is 0.0599. The van der Waals surface area contributed by atoms with E-state index in [1.54, 1.807) is 13.0 Å². The molecule has 2 aromatic rings. The van der Waals surface area contributed by atoms with Crippen LogP contribution in [0.2, 0.25) is 0 Å². The van der Waals surface area contributed by atoms with Gasteiger partial charge in [-0.25, -0.2) is 4.79 Å². The van der Waals surface area contributed by atoms with Crippen LogP contribution in [-0.4, -0.2) is 55.7 Å². The summed E-state index contributed by atoms with van der Waals surface area (Å²) in [5, 5.41) is 0. The van der Waals surface area contributed by atoms with Gasteiger partial charge in [0.25, 0.3) is 0 Å². The Morgan fingerprint density at radius 1 is 1.11 bits per heavy atom. The SMILES string of the molecule is COC(=O)c1cc(CN2CCN(Cc3ccc4c(c3)CCO4)CC2)oc1C. The average molecular weight is 370 g/mol. The molecule has 0 bridgehead atoms. The minimum absolute atomic E-state index is 0.341. The second-order valence-corrected chi connectivity index (χ2v) is 7.27. The Kier molecular flexibility index (Phi) is 5.18. The predicted molar refractivity (Wildman–Crippen MR) is 101 cm³/mol. The van der Waals surface area contributed by atoms with Gasteiger partial charge in [0.05, 0.1) is 20.3 Å². The minimum atomic E-state index is -0.341. The highest BCUT2D eigenvalue weighted by atomic mass is 16.5. The van der Waals surface area contributed by atoms with Crippen molar-refractivity contribution in [3.63, 3.8) is 0 Å². The van der Waals surface area contributed by atoms with Crippen molar-refractivity contribution in [2.75, 3.05) is 39.9 Å². The van der Waals surface area contributed by atoms with Gasteiger partial charge in [-0.2, -0.15) is 0 Å². The van der Waals surface area contributed by atoms with Crippen LogP contribution in [0.3, 0.4) is 0 Å². The van der Waals surface area contributed by atoms with Crippen molar-refractivity contribution in [1.82, 2.24) is 9.80 Å². The highest BCUT2D eigenvalue weighted by Gasteiger charge is 2.21. The number of benzene rings is 1. The van der Waals surface area contributed by atoms with E-state index < -0.39 is 0 Å². The van der Waals surface area contributed by atoms with Crippen LogP contribution in [0.5, 0.6) is 5.75 Å². The molecule has 1 aromatic heterocycles. The third-order valence-electron chi connectivity index (χ3n) is 5.38. The summed E-state index contributed by atoms with van der Waals surface area (Å²) in [4.78, 5) is 16.6. The Morgan fingerprint density at radius 2 is 1.85 bits per heavy atom. The molecule has 0 N–H and O–H groups in total. The zero-order chi connectivity index (χ0) is 18.8. The Hall–Kier alpha value is -2.31. The maximum atomic E-state index is 11.7. The number of piperazine rings is 1. The zero-order valence-electron chi connectivity index (χ0n) is 16.0. The highest BCUT2D eigenvalue weighted by molar-refractivity contribution is 5.90. The minimum Gasteiger partial charge on any atom is -0.493 e. The van der Waals surface area contributed by atoms with E-state index in [0.29, 0.717) is 11.3 Å². The van der Waals surface area contributed by atoms with Crippen LogP contribution in [-0.2, 0) is 24.2 Å². The molecule has 144 valence electrons. The molecule has 2 aliphatic heterocycles. The van der Waals surface area contributed by atoms with Crippen LogP contribution in [0, 0.1) is 6.92 Å². The van der Waals surface area contributed by atoms with Crippen molar-refractivity contribution in [2.45, 2.75) is 26.4 Å². The number of ether oxygens (including phenoxy) is 2. The van der Waals surface area contributed by atoms with Gasteiger partial charge in [-0.05, 0) is 30.2 Å². The van der Waals surface area contributed by atoms with Crippen LogP contribution in [0.15, 0.2) is 28.7 Å². The van der Waals surface area contributed by atoms with Crippen molar-refractivity contribution < 1.29 is 18.7 Å². The third kappa shape index (κ3) is 4.01. The van der Waals surface area contributed by atoms with E-state index >= 15 is 0 Å². The third-order valence-corrected chi connectivity index (χ3v) is 5.38. The lowest BCUT2D eigenvalue weighted by Gasteiger charge is -2.34. The summed E-state index contributed by atoms with van der Waals surface area (Å²) in [6.45, 7) is 8.34. The normalized spacial score (nSPS) is 17.6. The molecule has 0 spiro atoms. The highest BCUT2D eigenvalue weighted by Crippen LogP contribution is 2.26. The summed E-state index contributed by atoms with van der Waals surface area (Å²) in [6.07, 6.45) is 1.02. The summed E-state index contributed by atoms with van der Waals surface area (Å²) in [7, 11) is 1.39. The number of rotatable bonds is 5. The van der Waals surface area contributed by atoms with Crippen molar-refractivity contribution in [2.24, 2.45) is 0 Å². The molecule has 0 atom stereocenters. The topological polar surface area (TPSA) is 55.2 Å². The number of hydrogen-bond donors (Lipinski definition) is 0. The second-order valence-electron chi connectivity index (χ2n) is 7.27. The average Bonchev–Trinajstić information content (AvgIpc) is 3.28. The molecule has 6 heteroatoms. The molecule has 1 fully saturated rings. The second kappa shape index (κ2) is 7.74. The standard InChI is InChI=1S/C21H26N2O4/c1-15-19(21(24)25-2)12-18(27-15)14-23-8-6-22(7-9-23)13-16-3-4-20-17(11-16)5-10-26-20/h3-4,11-12H,5-10,13-14H2,1-2H3. The van der Waals surface area contributed by atoms with E-state index in [0.717, 1.165) is 63.8 Å². The first-order valence-electron chi connectivity index (χ1n) is 9.49. The number of methoxy groups -OCH3 is 1. The Bertz CT molecular complexity index is 822. The van der Waals surface area contributed by atoms with Crippen molar-refractivity contribution in [3.8, 4) is 5.75 Å². The maximum absolute atomic E-state index is 11.7. The quantitative estimate of drug-likeness (QED) is 0.754. The fourth-order valence-corrected chi connectivity index (χ4v) is 3.86. The van der Waals surface area contributed by atoms with E-state index in [1.807, 2.05) is 0 Å². The van der Waals surface area contributed by atoms with Gasteiger partial charge in [-0.1, -0.05) is 12.1 Å². The molecule has 1 saturated heterocycles. The molecule has 0 radical (unpaired) electrons. The van der Waals surface area contributed by atoms with E-state index in [-0.39, 0.29) is 5.97 Å². The first-order chi connectivity index (χ1) is 13.1. The van der Waals surface area contributed by atoms with Gasteiger partial charge in [0.1, 0.15) is 22.8 Å². The number of nitrogens with zero attached hydrogens (tertiary/aromatic N) is 2. The van der Waals surface area contributed by atoms with Crippen molar-refractivity contribution in [1.29, 1.82) is 0 Å². The molecule has 1 aromatic carbocycles. The number of fused-ring (bicyclic) bond motifs is 1. The van der Waals surface area contributed by atoms with Gasteiger partial charge in [0.15, 0.2) is 0 Å². The maximum Gasteiger partial charge on any atom is 0.341 e. The number of esters is 1. The van der Waals surface area contributed by atoms with Gasteiger partial charge in [0, 0.05) is 39.1 Å². The molecule has 4 rings (SSSR count). The van der Waals surface area contributed by atoms with Crippen LogP contribution in [0.25, 0.3) is 0 Å². The number of carbonyl (C=O) groups excluding carboxylic acids is 1. The van der Waals surface area contributed by atoms with E-state index in [4.69, 9.17) is 13.9 Å². The first kappa shape index (κ1) is 18.1. The lowest BCUT2D eigenvalue weighted by Crippen LogP contribution is -2.45. The molecular formula is C21H26N2O4. The van der Waals surface area contributed by atoms with Crippen LogP contribution in [0.4, 0.5) is 0 Å². The Balaban J connectivity index is 1.30. The summed E-state index contributed by atoms with van der Waals surface area (Å²) >= 11 is 0. The largest absolute Gasteiger partial charge is 0.493 e. The van der Waals surface area contributed by atoms with Crippen LogP contribution in [0.1, 0.15) is 33.0 Å². The number of furan rings is 1. The molecule has 6 nitrogen and oxygen atoms in total. The Labute approximate surface area is 159 Å². The van der Waals surface area contributed by atoms with Crippen molar-refractivity contribution >= 4 is 5.97 Å². The fourth-order valence-electron chi connectivity index (χ4n) is 3.86.